The van der Waals surface area contributed by atoms with Crippen LogP contribution in [0.2, 0.25) is 0 Å². The summed E-state index contributed by atoms with van der Waals surface area (Å²) in [5.74, 6) is 0.640. The van der Waals surface area contributed by atoms with Gasteiger partial charge in [0.25, 0.3) is 5.91 Å². The second-order valence-corrected chi connectivity index (χ2v) is 6.03. The number of likely N-dealkylation sites (tertiary alicyclic amines) is 1. The number of aliphatic hydroxyl groups excluding tert-OH is 1. The van der Waals surface area contributed by atoms with Crippen molar-refractivity contribution in [1.82, 2.24) is 15.0 Å². The third kappa shape index (κ3) is 4.08. The smallest absolute Gasteiger partial charge is 0.276 e. The van der Waals surface area contributed by atoms with Gasteiger partial charge >= 0.3 is 0 Å². The van der Waals surface area contributed by atoms with Crippen LogP contribution in [0.25, 0.3) is 0 Å². The van der Waals surface area contributed by atoms with Crippen LogP contribution in [-0.2, 0) is 6.54 Å². The van der Waals surface area contributed by atoms with E-state index in [2.05, 4.69) is 17.0 Å². The molecule has 0 radical (unpaired) electrons. The van der Waals surface area contributed by atoms with Gasteiger partial charge in [-0.1, -0.05) is 12.1 Å². The fourth-order valence-corrected chi connectivity index (χ4v) is 2.81. The van der Waals surface area contributed by atoms with Crippen molar-refractivity contribution in [2.75, 3.05) is 19.6 Å². The highest BCUT2D eigenvalue weighted by Crippen LogP contribution is 2.16. The maximum absolute atomic E-state index is 12.5. The van der Waals surface area contributed by atoms with E-state index in [4.69, 9.17) is 4.52 Å². The van der Waals surface area contributed by atoms with Gasteiger partial charge in [0.05, 0.1) is 12.6 Å². The molecule has 124 valence electrons. The number of aromatic nitrogens is 1. The van der Waals surface area contributed by atoms with E-state index < -0.39 is 0 Å². The molecule has 2 heterocycles. The van der Waals surface area contributed by atoms with Gasteiger partial charge in [-0.15, -0.1) is 0 Å². The third-order valence-corrected chi connectivity index (χ3v) is 4.44. The van der Waals surface area contributed by atoms with Crippen LogP contribution in [-0.4, -0.2) is 57.8 Å². The molecule has 2 rings (SSSR count). The molecule has 1 fully saturated rings. The van der Waals surface area contributed by atoms with E-state index in [1.807, 2.05) is 18.7 Å². The zero-order valence-corrected chi connectivity index (χ0v) is 13.8. The molecule has 6 nitrogen and oxygen atoms in total. The normalized spacial score (nSPS) is 18.4. The molecular formula is C16H27N3O3. The van der Waals surface area contributed by atoms with Gasteiger partial charge in [0.2, 0.25) is 0 Å². The minimum Gasteiger partial charge on any atom is -0.393 e. The van der Waals surface area contributed by atoms with Crippen molar-refractivity contribution < 1.29 is 14.4 Å². The Morgan fingerprint density at radius 3 is 2.77 bits per heavy atom. The third-order valence-electron chi connectivity index (χ3n) is 4.44. The van der Waals surface area contributed by atoms with Crippen LogP contribution in [0.1, 0.15) is 56.3 Å². The van der Waals surface area contributed by atoms with Crippen molar-refractivity contribution >= 4 is 5.91 Å². The maximum Gasteiger partial charge on any atom is 0.276 e. The topological polar surface area (TPSA) is 69.8 Å². The Balaban J connectivity index is 1.97. The summed E-state index contributed by atoms with van der Waals surface area (Å²) in [7, 11) is 0. The molecule has 1 saturated heterocycles. The lowest BCUT2D eigenvalue weighted by Gasteiger charge is -2.28. The van der Waals surface area contributed by atoms with Crippen molar-refractivity contribution in [3.8, 4) is 0 Å². The van der Waals surface area contributed by atoms with Crippen LogP contribution in [0, 0.1) is 0 Å². The minimum atomic E-state index is -0.184. The van der Waals surface area contributed by atoms with Gasteiger partial charge in [-0.2, -0.15) is 0 Å². The minimum absolute atomic E-state index is 0.0686. The van der Waals surface area contributed by atoms with Gasteiger partial charge in [0, 0.05) is 31.7 Å². The second kappa shape index (κ2) is 7.74. The number of nitrogens with zero attached hydrogens (tertiary/aromatic N) is 3. The Hall–Kier alpha value is -1.40. The van der Waals surface area contributed by atoms with E-state index in [0.29, 0.717) is 24.5 Å². The molecule has 1 aliphatic rings. The first-order valence-electron chi connectivity index (χ1n) is 8.22. The molecule has 1 aliphatic heterocycles. The first kappa shape index (κ1) is 17.0. The number of carbonyl (C=O) groups excluding carboxylic acids is 1. The van der Waals surface area contributed by atoms with Gasteiger partial charge in [0.15, 0.2) is 11.5 Å². The number of rotatable bonds is 6. The van der Waals surface area contributed by atoms with E-state index >= 15 is 0 Å². The van der Waals surface area contributed by atoms with Crippen molar-refractivity contribution in [2.45, 2.75) is 58.7 Å². The Morgan fingerprint density at radius 2 is 2.18 bits per heavy atom. The average Bonchev–Trinajstić information content (AvgIpc) is 2.98. The SMILES string of the molecule is CCC(C)N(CC)C(=O)c1cc(CN2CCC(O)CC2)on1. The van der Waals surface area contributed by atoms with E-state index in [0.717, 1.165) is 32.4 Å². The number of piperidine rings is 1. The van der Waals surface area contributed by atoms with E-state index in [1.54, 1.807) is 6.07 Å². The van der Waals surface area contributed by atoms with Gasteiger partial charge in [-0.3, -0.25) is 9.69 Å². The fraction of sp³-hybridized carbons (Fsp3) is 0.750. The summed E-state index contributed by atoms with van der Waals surface area (Å²) in [4.78, 5) is 16.5. The zero-order valence-electron chi connectivity index (χ0n) is 13.8. The molecule has 1 N–H and O–H groups in total. The van der Waals surface area contributed by atoms with Crippen LogP contribution >= 0.6 is 0 Å². The highest BCUT2D eigenvalue weighted by atomic mass is 16.5. The number of aliphatic hydroxyl groups is 1. The Bertz CT molecular complexity index is 481. The van der Waals surface area contributed by atoms with Crippen molar-refractivity contribution in [3.63, 3.8) is 0 Å². The molecule has 1 aromatic rings. The van der Waals surface area contributed by atoms with Crippen molar-refractivity contribution in [1.29, 1.82) is 0 Å². The second-order valence-electron chi connectivity index (χ2n) is 6.03. The number of hydrogen-bond acceptors (Lipinski definition) is 5. The van der Waals surface area contributed by atoms with Gasteiger partial charge in [-0.05, 0) is 33.1 Å². The molecule has 0 saturated carbocycles. The monoisotopic (exact) mass is 309 g/mol. The Labute approximate surface area is 132 Å². The molecule has 22 heavy (non-hydrogen) atoms. The molecule has 6 heteroatoms. The lowest BCUT2D eigenvalue weighted by atomic mass is 10.1. The van der Waals surface area contributed by atoms with Crippen LogP contribution < -0.4 is 0 Å². The summed E-state index contributed by atoms with van der Waals surface area (Å²) >= 11 is 0. The maximum atomic E-state index is 12.5. The predicted molar refractivity (Wildman–Crippen MR) is 83.5 cm³/mol. The molecule has 0 bridgehead atoms. The molecule has 1 unspecified atom stereocenters. The molecule has 0 spiro atoms. The van der Waals surface area contributed by atoms with E-state index in [-0.39, 0.29) is 18.1 Å². The first-order chi connectivity index (χ1) is 10.5. The summed E-state index contributed by atoms with van der Waals surface area (Å²) in [5.41, 5.74) is 0.384. The zero-order chi connectivity index (χ0) is 16.1. The molecule has 1 aromatic heterocycles. The molecule has 0 aliphatic carbocycles. The van der Waals surface area contributed by atoms with Crippen LogP contribution in [0.3, 0.4) is 0 Å². The fourth-order valence-electron chi connectivity index (χ4n) is 2.81. The summed E-state index contributed by atoms with van der Waals surface area (Å²) in [6, 6.07) is 1.94. The Kier molecular flexibility index (Phi) is 5.97. The van der Waals surface area contributed by atoms with E-state index in [1.165, 1.54) is 0 Å². The van der Waals surface area contributed by atoms with Crippen molar-refractivity contribution in [2.24, 2.45) is 0 Å². The van der Waals surface area contributed by atoms with Crippen LogP contribution in [0.4, 0.5) is 0 Å². The highest BCUT2D eigenvalue weighted by molar-refractivity contribution is 5.92. The standard InChI is InChI=1S/C16H27N3O3/c1-4-12(3)19(5-2)16(21)15-10-14(22-17-15)11-18-8-6-13(20)7-9-18/h10,12-13,20H,4-9,11H2,1-3H3. The quantitative estimate of drug-likeness (QED) is 0.869. The lowest BCUT2D eigenvalue weighted by Crippen LogP contribution is -2.38. The van der Waals surface area contributed by atoms with Gasteiger partial charge in [-0.25, -0.2) is 0 Å². The summed E-state index contributed by atoms with van der Waals surface area (Å²) in [6.07, 6.45) is 2.31. The van der Waals surface area contributed by atoms with Gasteiger partial charge < -0.3 is 14.5 Å². The molecule has 1 amide bonds. The largest absolute Gasteiger partial charge is 0.393 e. The van der Waals surface area contributed by atoms with E-state index in [9.17, 15) is 9.90 Å². The predicted octanol–water partition coefficient (Wildman–Crippen LogP) is 1.89. The first-order valence-corrected chi connectivity index (χ1v) is 8.22. The number of carbonyl (C=O) groups is 1. The molecule has 0 aromatic carbocycles. The summed E-state index contributed by atoms with van der Waals surface area (Å²) < 4.78 is 5.32. The van der Waals surface area contributed by atoms with Crippen LogP contribution in [0.5, 0.6) is 0 Å². The Morgan fingerprint density at radius 1 is 1.50 bits per heavy atom. The summed E-state index contributed by atoms with van der Waals surface area (Å²) in [5, 5.41) is 13.5. The summed E-state index contributed by atoms with van der Waals surface area (Å²) in [6.45, 7) is 9.09. The van der Waals surface area contributed by atoms with Crippen LogP contribution in [0.15, 0.2) is 10.6 Å². The molecule has 1 atom stereocenters. The van der Waals surface area contributed by atoms with Crippen molar-refractivity contribution in [3.05, 3.63) is 17.5 Å². The molecular weight excluding hydrogens is 282 g/mol. The number of hydrogen-bond donors (Lipinski definition) is 1. The number of amides is 1. The lowest BCUT2D eigenvalue weighted by molar-refractivity contribution is 0.0686. The average molecular weight is 309 g/mol. The highest BCUT2D eigenvalue weighted by Gasteiger charge is 2.23. The van der Waals surface area contributed by atoms with Gasteiger partial charge in [0.1, 0.15) is 0 Å².